The Morgan fingerprint density at radius 1 is 0.955 bits per heavy atom. The molecule has 0 aromatic rings. The summed E-state index contributed by atoms with van der Waals surface area (Å²) in [4.78, 5) is 19.7. The van der Waals surface area contributed by atoms with Crippen LogP contribution in [0.1, 0.15) is 51.4 Å². The van der Waals surface area contributed by atoms with E-state index in [0.717, 1.165) is 6.42 Å². The number of carbonyl (C=O) groups is 2. The Balaban J connectivity index is 0. The molecule has 22 heavy (non-hydrogen) atoms. The van der Waals surface area contributed by atoms with Crippen LogP contribution in [0, 0.1) is 0 Å². The average Bonchev–Trinajstić information content (AvgIpc) is 2.45. The number of unbranched alkanes of at least 4 members (excludes halogenated alkanes) is 6. The summed E-state index contributed by atoms with van der Waals surface area (Å²) in [6.45, 7) is 6.98. The van der Waals surface area contributed by atoms with Crippen LogP contribution in [-0.2, 0) is 9.59 Å². The molecular weight excluding hydrogens is 284 g/mol. The summed E-state index contributed by atoms with van der Waals surface area (Å²) in [7, 11) is 0. The summed E-state index contributed by atoms with van der Waals surface area (Å²) in [5.74, 6) is -2.44. The van der Waals surface area contributed by atoms with Gasteiger partial charge in [-0.3, -0.25) is 4.79 Å². The number of carboxylic acids is 2. The molecule has 5 heteroatoms. The summed E-state index contributed by atoms with van der Waals surface area (Å²) in [6, 6.07) is 0. The van der Waals surface area contributed by atoms with E-state index in [1.54, 1.807) is 0 Å². The number of aliphatic hydroxyl groups is 1. The Labute approximate surface area is 132 Å². The van der Waals surface area contributed by atoms with Crippen LogP contribution >= 0.6 is 0 Å². The lowest BCUT2D eigenvalue weighted by Crippen LogP contribution is -2.04. The van der Waals surface area contributed by atoms with E-state index in [4.69, 9.17) is 15.3 Å². The van der Waals surface area contributed by atoms with Crippen molar-refractivity contribution < 1.29 is 24.9 Å². The van der Waals surface area contributed by atoms with Gasteiger partial charge < -0.3 is 15.3 Å². The summed E-state index contributed by atoms with van der Waals surface area (Å²) >= 11 is 0. The van der Waals surface area contributed by atoms with Gasteiger partial charge in [-0.05, 0) is 19.3 Å². The van der Waals surface area contributed by atoms with Crippen molar-refractivity contribution in [3.05, 3.63) is 37.0 Å². The molecule has 126 valence electrons. The van der Waals surface area contributed by atoms with Crippen LogP contribution in [0.2, 0.25) is 0 Å². The first kappa shape index (κ1) is 22.4. The first-order valence-electron chi connectivity index (χ1n) is 7.47. The van der Waals surface area contributed by atoms with Crippen LogP contribution in [0.15, 0.2) is 37.0 Å². The Morgan fingerprint density at radius 2 is 1.50 bits per heavy atom. The normalized spacial score (nSPS) is 9.86. The minimum Gasteiger partial charge on any atom is -0.481 e. The van der Waals surface area contributed by atoms with Gasteiger partial charge in [-0.1, -0.05) is 57.1 Å². The highest BCUT2D eigenvalue weighted by molar-refractivity contribution is 5.91. The summed E-state index contributed by atoms with van der Waals surface area (Å²) in [6.07, 6.45) is 14.0. The van der Waals surface area contributed by atoms with E-state index in [-0.39, 0.29) is 5.57 Å². The Bertz CT molecular complexity index is 358. The fourth-order valence-electron chi connectivity index (χ4n) is 1.53. The zero-order chi connectivity index (χ0) is 17.2. The quantitative estimate of drug-likeness (QED) is 0.291. The van der Waals surface area contributed by atoms with Gasteiger partial charge >= 0.3 is 11.9 Å². The van der Waals surface area contributed by atoms with Crippen LogP contribution in [-0.4, -0.2) is 33.9 Å². The van der Waals surface area contributed by atoms with Gasteiger partial charge in [0.25, 0.3) is 0 Å². The van der Waals surface area contributed by atoms with Gasteiger partial charge in [0.05, 0.1) is 6.42 Å². The highest BCUT2D eigenvalue weighted by Crippen LogP contribution is 2.07. The van der Waals surface area contributed by atoms with E-state index < -0.39 is 18.4 Å². The molecule has 0 aliphatic heterocycles. The predicted molar refractivity (Wildman–Crippen MR) is 87.8 cm³/mol. The van der Waals surface area contributed by atoms with E-state index in [1.165, 1.54) is 38.5 Å². The number of allylic oxidation sites excluding steroid dienone is 3. The molecule has 0 aromatic heterocycles. The number of carboxylic acid groups (broad SMARTS) is 2. The molecule has 0 saturated heterocycles. The average molecular weight is 312 g/mol. The van der Waals surface area contributed by atoms with Crippen molar-refractivity contribution in [2.45, 2.75) is 51.4 Å². The zero-order valence-corrected chi connectivity index (χ0v) is 13.2. The SMILES string of the molecule is C=C(CC(=O)O)C(=O)O.C=CC=CCCCCCCCCO. The lowest BCUT2D eigenvalue weighted by atomic mass is 10.1. The molecule has 0 saturated carbocycles. The second-order valence-electron chi connectivity index (χ2n) is 4.78. The third-order valence-corrected chi connectivity index (χ3v) is 2.72. The van der Waals surface area contributed by atoms with Crippen LogP contribution in [0.25, 0.3) is 0 Å². The summed E-state index contributed by atoms with van der Waals surface area (Å²) in [5.41, 5.74) is -0.303. The number of aliphatic hydroxyl groups excluding tert-OH is 1. The molecule has 0 radical (unpaired) electrons. The molecular formula is C17H28O5. The van der Waals surface area contributed by atoms with Gasteiger partial charge in [-0.15, -0.1) is 0 Å². The number of hydrogen-bond donors (Lipinski definition) is 3. The minimum absolute atomic E-state index is 0.303. The van der Waals surface area contributed by atoms with Gasteiger partial charge in [0.15, 0.2) is 0 Å². The second-order valence-corrected chi connectivity index (χ2v) is 4.78. The minimum atomic E-state index is -1.27. The first-order chi connectivity index (χ1) is 10.5. The fraction of sp³-hybridized carbons (Fsp3) is 0.529. The molecule has 0 amide bonds. The Hall–Kier alpha value is -1.88. The standard InChI is InChI=1S/C12H22O.C5H6O4/c1-2-3-4-5-6-7-8-9-10-11-12-13;1-3(5(8)9)2-4(6)7/h2-4,13H,1,5-12H2;1-2H2,(H,6,7)(H,8,9). The maximum Gasteiger partial charge on any atom is 0.331 e. The van der Waals surface area contributed by atoms with Crippen molar-refractivity contribution in [3.8, 4) is 0 Å². The molecule has 5 nitrogen and oxygen atoms in total. The third kappa shape index (κ3) is 20.4. The lowest BCUT2D eigenvalue weighted by Gasteiger charge is -1.98. The van der Waals surface area contributed by atoms with Crippen molar-refractivity contribution in [1.82, 2.24) is 0 Å². The first-order valence-corrected chi connectivity index (χ1v) is 7.47. The highest BCUT2D eigenvalue weighted by atomic mass is 16.4. The third-order valence-electron chi connectivity index (χ3n) is 2.72. The van der Waals surface area contributed by atoms with Crippen LogP contribution in [0.5, 0.6) is 0 Å². The molecule has 0 spiro atoms. The molecule has 0 aliphatic rings. The van der Waals surface area contributed by atoms with Gasteiger partial charge in [0, 0.05) is 12.2 Å². The topological polar surface area (TPSA) is 94.8 Å². The van der Waals surface area contributed by atoms with Gasteiger partial charge in [-0.25, -0.2) is 4.79 Å². The van der Waals surface area contributed by atoms with Crippen LogP contribution < -0.4 is 0 Å². The summed E-state index contributed by atoms with van der Waals surface area (Å²) < 4.78 is 0. The summed E-state index contributed by atoms with van der Waals surface area (Å²) in [5, 5.41) is 24.6. The van der Waals surface area contributed by atoms with E-state index in [1.807, 2.05) is 12.2 Å². The molecule has 0 unspecified atom stereocenters. The number of rotatable bonds is 12. The maximum absolute atomic E-state index is 9.87. The van der Waals surface area contributed by atoms with E-state index in [2.05, 4.69) is 19.2 Å². The highest BCUT2D eigenvalue weighted by Gasteiger charge is 2.07. The maximum atomic E-state index is 9.87. The molecule has 0 aliphatic carbocycles. The van der Waals surface area contributed by atoms with Gasteiger partial charge in [0.2, 0.25) is 0 Å². The Morgan fingerprint density at radius 3 is 1.91 bits per heavy atom. The zero-order valence-electron chi connectivity index (χ0n) is 13.2. The monoisotopic (exact) mass is 312 g/mol. The number of aliphatic carboxylic acids is 2. The van der Waals surface area contributed by atoms with Crippen LogP contribution in [0.4, 0.5) is 0 Å². The fourth-order valence-corrected chi connectivity index (χ4v) is 1.53. The van der Waals surface area contributed by atoms with Gasteiger partial charge in [-0.2, -0.15) is 0 Å². The molecule has 0 atom stereocenters. The largest absolute Gasteiger partial charge is 0.481 e. The molecule has 0 heterocycles. The van der Waals surface area contributed by atoms with Crippen LogP contribution in [0.3, 0.4) is 0 Å². The van der Waals surface area contributed by atoms with E-state index in [0.29, 0.717) is 6.61 Å². The van der Waals surface area contributed by atoms with Crippen molar-refractivity contribution in [2.75, 3.05) is 6.61 Å². The van der Waals surface area contributed by atoms with Crippen molar-refractivity contribution >= 4 is 11.9 Å². The smallest absolute Gasteiger partial charge is 0.331 e. The van der Waals surface area contributed by atoms with Crippen molar-refractivity contribution in [3.63, 3.8) is 0 Å². The lowest BCUT2D eigenvalue weighted by molar-refractivity contribution is -0.139. The molecule has 3 N–H and O–H groups in total. The van der Waals surface area contributed by atoms with E-state index >= 15 is 0 Å². The van der Waals surface area contributed by atoms with E-state index in [9.17, 15) is 9.59 Å². The molecule has 0 bridgehead atoms. The van der Waals surface area contributed by atoms with Crippen molar-refractivity contribution in [1.29, 1.82) is 0 Å². The van der Waals surface area contributed by atoms with Crippen molar-refractivity contribution in [2.24, 2.45) is 0 Å². The van der Waals surface area contributed by atoms with Gasteiger partial charge in [0.1, 0.15) is 0 Å². The molecule has 0 aromatic carbocycles. The molecule has 0 rings (SSSR count). The second kappa shape index (κ2) is 17.2. The number of hydrogen-bond acceptors (Lipinski definition) is 3. The molecule has 0 fully saturated rings. The Kier molecular flexibility index (Phi) is 17.5. The predicted octanol–water partition coefficient (Wildman–Crippen LogP) is 3.55.